The van der Waals surface area contributed by atoms with Gasteiger partial charge in [0.25, 0.3) is 0 Å². The smallest absolute Gasteiger partial charge is 0.245 e. The molecule has 0 spiro atoms. The first-order chi connectivity index (χ1) is 10.1. The lowest BCUT2D eigenvalue weighted by molar-refractivity contribution is 0.416. The zero-order valence-corrected chi connectivity index (χ0v) is 12.9. The Labute approximate surface area is 124 Å². The lowest BCUT2D eigenvalue weighted by Gasteiger charge is -2.36. The fourth-order valence-electron chi connectivity index (χ4n) is 2.95. The second-order valence-corrected chi connectivity index (χ2v) is 5.74. The Hall–Kier alpha value is -1.89. The molecule has 2 aromatic heterocycles. The zero-order valence-electron chi connectivity index (χ0n) is 12.9. The summed E-state index contributed by atoms with van der Waals surface area (Å²) in [4.78, 5) is 6.85. The average Bonchev–Trinajstić information content (AvgIpc) is 3.08. The second kappa shape index (κ2) is 5.48. The van der Waals surface area contributed by atoms with Gasteiger partial charge < -0.3 is 10.6 Å². The van der Waals surface area contributed by atoms with Crippen molar-refractivity contribution in [3.05, 3.63) is 11.9 Å². The van der Waals surface area contributed by atoms with E-state index < -0.39 is 0 Å². The van der Waals surface area contributed by atoms with E-state index in [0.29, 0.717) is 0 Å². The van der Waals surface area contributed by atoms with E-state index >= 15 is 0 Å². The molecular formula is C14H23N7. The van der Waals surface area contributed by atoms with E-state index in [0.717, 1.165) is 48.8 Å². The molecule has 0 radical (unpaired) electrons. The van der Waals surface area contributed by atoms with Crippen molar-refractivity contribution in [2.24, 2.45) is 12.8 Å². The summed E-state index contributed by atoms with van der Waals surface area (Å²) in [5, 5.41) is 11.9. The lowest BCUT2D eigenvalue weighted by Crippen LogP contribution is -2.50. The zero-order chi connectivity index (χ0) is 15.0. The van der Waals surface area contributed by atoms with Crippen LogP contribution in [0.1, 0.15) is 32.4 Å². The fourth-order valence-corrected chi connectivity index (χ4v) is 2.95. The summed E-state index contributed by atoms with van der Waals surface area (Å²) in [5.74, 6) is 1.51. The average molecular weight is 289 g/mol. The van der Waals surface area contributed by atoms with Gasteiger partial charge in [-0.2, -0.15) is 10.1 Å². The molecule has 0 saturated carbocycles. The van der Waals surface area contributed by atoms with Crippen LogP contribution in [0.25, 0.3) is 11.4 Å². The van der Waals surface area contributed by atoms with Gasteiger partial charge in [0.2, 0.25) is 5.95 Å². The number of nitrogens with two attached hydrogens (primary N) is 1. The fraction of sp³-hybridized carbons (Fsp3) is 0.643. The molecule has 0 aliphatic carbocycles. The summed E-state index contributed by atoms with van der Waals surface area (Å²) in [7, 11) is 1.92. The summed E-state index contributed by atoms with van der Waals surface area (Å²) in [6.07, 6.45) is 5.01. The maximum atomic E-state index is 6.15. The van der Waals surface area contributed by atoms with Crippen LogP contribution in [0.15, 0.2) is 6.20 Å². The normalized spacial score (nSPS) is 22.8. The van der Waals surface area contributed by atoms with E-state index in [1.54, 1.807) is 0 Å². The summed E-state index contributed by atoms with van der Waals surface area (Å²) in [6, 6.07) is 0.451. The lowest BCUT2D eigenvalue weighted by atomic mass is 9.99. The molecular weight excluding hydrogens is 266 g/mol. The van der Waals surface area contributed by atoms with Gasteiger partial charge in [-0.25, -0.2) is 0 Å². The minimum atomic E-state index is 0.185. The van der Waals surface area contributed by atoms with Crippen molar-refractivity contribution < 1.29 is 0 Å². The highest BCUT2D eigenvalue weighted by molar-refractivity contribution is 5.58. The summed E-state index contributed by atoms with van der Waals surface area (Å²) >= 11 is 0. The first kappa shape index (κ1) is 14.1. The molecule has 7 nitrogen and oxygen atoms in total. The largest absolute Gasteiger partial charge is 0.335 e. The molecule has 3 heterocycles. The van der Waals surface area contributed by atoms with Crippen molar-refractivity contribution in [1.29, 1.82) is 0 Å². The number of hydrogen-bond donors (Lipinski definition) is 2. The van der Waals surface area contributed by atoms with Crippen LogP contribution in [0.4, 0.5) is 5.95 Å². The molecule has 0 aromatic carbocycles. The number of piperidine rings is 1. The molecule has 2 unspecified atom stereocenters. The first-order valence-corrected chi connectivity index (χ1v) is 7.57. The van der Waals surface area contributed by atoms with E-state index in [1.165, 1.54) is 0 Å². The van der Waals surface area contributed by atoms with Crippen molar-refractivity contribution in [3.63, 3.8) is 0 Å². The molecule has 1 saturated heterocycles. The van der Waals surface area contributed by atoms with Crippen LogP contribution in [0.5, 0.6) is 0 Å². The van der Waals surface area contributed by atoms with Crippen LogP contribution in [0.3, 0.4) is 0 Å². The Balaban J connectivity index is 1.89. The van der Waals surface area contributed by atoms with Crippen molar-refractivity contribution in [2.45, 2.75) is 45.2 Å². The van der Waals surface area contributed by atoms with Crippen LogP contribution in [0.2, 0.25) is 0 Å². The number of nitrogens with one attached hydrogen (secondary N) is 1. The van der Waals surface area contributed by atoms with Gasteiger partial charge in [-0.15, -0.1) is 5.10 Å². The third-order valence-corrected chi connectivity index (χ3v) is 4.27. The van der Waals surface area contributed by atoms with Crippen LogP contribution in [-0.4, -0.2) is 43.6 Å². The summed E-state index contributed by atoms with van der Waals surface area (Å²) < 4.78 is 1.82. The minimum absolute atomic E-state index is 0.185. The Morgan fingerprint density at radius 2 is 2.29 bits per heavy atom. The number of anilines is 1. The number of aromatic nitrogens is 5. The number of nitrogens with zero attached hydrogens (tertiary/aromatic N) is 5. The highest BCUT2D eigenvalue weighted by Gasteiger charge is 2.28. The second-order valence-electron chi connectivity index (χ2n) is 5.74. The standard InChI is InChI=1S/C14H23N7/c1-4-12-10(8-20(3)19-12)13-16-14(18-17-13)21-7-5-6-11(15)9(21)2/h8-9,11H,4-7,15H2,1-3H3,(H,16,17,18). The van der Waals surface area contributed by atoms with Gasteiger partial charge in [0.15, 0.2) is 5.82 Å². The Morgan fingerprint density at radius 1 is 1.48 bits per heavy atom. The van der Waals surface area contributed by atoms with Crippen molar-refractivity contribution >= 4 is 5.95 Å². The molecule has 0 bridgehead atoms. The highest BCUT2D eigenvalue weighted by atomic mass is 15.4. The summed E-state index contributed by atoms with van der Waals surface area (Å²) in [6.45, 7) is 5.19. The molecule has 3 rings (SSSR count). The first-order valence-electron chi connectivity index (χ1n) is 7.57. The molecule has 0 amide bonds. The molecule has 3 N–H and O–H groups in total. The maximum absolute atomic E-state index is 6.15. The molecule has 1 aliphatic rings. The quantitative estimate of drug-likeness (QED) is 0.882. The number of hydrogen-bond acceptors (Lipinski definition) is 5. The van der Waals surface area contributed by atoms with Gasteiger partial charge in [0.1, 0.15) is 0 Å². The van der Waals surface area contributed by atoms with E-state index in [2.05, 4.69) is 39.0 Å². The molecule has 7 heteroatoms. The third kappa shape index (κ3) is 2.53. The molecule has 2 aromatic rings. The van der Waals surface area contributed by atoms with Gasteiger partial charge in [0.05, 0.1) is 11.3 Å². The van der Waals surface area contributed by atoms with Crippen LogP contribution in [0, 0.1) is 0 Å². The van der Waals surface area contributed by atoms with E-state index in [4.69, 9.17) is 5.73 Å². The summed E-state index contributed by atoms with van der Waals surface area (Å²) in [5.41, 5.74) is 8.20. The topological polar surface area (TPSA) is 88.7 Å². The van der Waals surface area contributed by atoms with Gasteiger partial charge in [-0.3, -0.25) is 9.78 Å². The number of rotatable bonds is 3. The highest BCUT2D eigenvalue weighted by Crippen LogP contribution is 2.25. The van der Waals surface area contributed by atoms with E-state index in [1.807, 2.05) is 17.9 Å². The predicted octanol–water partition coefficient (Wildman–Crippen LogP) is 1.08. The Bertz CT molecular complexity index is 615. The Morgan fingerprint density at radius 3 is 3.05 bits per heavy atom. The predicted molar refractivity (Wildman–Crippen MR) is 82.0 cm³/mol. The molecule has 1 fully saturated rings. The van der Waals surface area contributed by atoms with Crippen molar-refractivity contribution in [2.75, 3.05) is 11.4 Å². The molecule has 2 atom stereocenters. The monoisotopic (exact) mass is 289 g/mol. The number of H-pyrrole nitrogens is 1. The van der Waals surface area contributed by atoms with E-state index in [9.17, 15) is 0 Å². The van der Waals surface area contributed by atoms with Crippen LogP contribution >= 0.6 is 0 Å². The van der Waals surface area contributed by atoms with Crippen molar-refractivity contribution in [1.82, 2.24) is 25.0 Å². The van der Waals surface area contributed by atoms with Gasteiger partial charge in [0, 0.05) is 31.9 Å². The van der Waals surface area contributed by atoms with Crippen molar-refractivity contribution in [3.8, 4) is 11.4 Å². The van der Waals surface area contributed by atoms with Crippen LogP contribution < -0.4 is 10.6 Å². The minimum Gasteiger partial charge on any atom is -0.335 e. The number of aryl methyl sites for hydroxylation is 2. The SMILES string of the molecule is CCc1nn(C)cc1-c1nc(N2CCCC(N)C2C)n[nH]1. The maximum Gasteiger partial charge on any atom is 0.245 e. The third-order valence-electron chi connectivity index (χ3n) is 4.27. The van der Waals surface area contributed by atoms with E-state index in [-0.39, 0.29) is 12.1 Å². The van der Waals surface area contributed by atoms with Gasteiger partial charge in [-0.05, 0) is 26.2 Å². The Kier molecular flexibility index (Phi) is 3.67. The molecule has 21 heavy (non-hydrogen) atoms. The molecule has 1 aliphatic heterocycles. The molecule has 114 valence electrons. The van der Waals surface area contributed by atoms with Gasteiger partial charge in [-0.1, -0.05) is 6.92 Å². The van der Waals surface area contributed by atoms with Gasteiger partial charge >= 0.3 is 0 Å². The van der Waals surface area contributed by atoms with Crippen LogP contribution in [-0.2, 0) is 13.5 Å². The number of aromatic amines is 1.